The Labute approximate surface area is 259 Å². The lowest BCUT2D eigenvalue weighted by Gasteiger charge is -2.31. The normalized spacial score (nSPS) is 13.2. The maximum atomic E-state index is 15.4. The van der Waals surface area contributed by atoms with Gasteiger partial charge in [0.1, 0.15) is 11.4 Å². The molecule has 0 unspecified atom stereocenters. The Hall–Kier alpha value is -6.12. The van der Waals surface area contributed by atoms with Gasteiger partial charge in [-0.15, -0.1) is 9.59 Å². The van der Waals surface area contributed by atoms with Gasteiger partial charge in [-0.1, -0.05) is 18.2 Å². The highest BCUT2D eigenvalue weighted by Gasteiger charge is 2.40. The first-order valence-corrected chi connectivity index (χ1v) is 14.0. The summed E-state index contributed by atoms with van der Waals surface area (Å²) in [5, 5.41) is 25.4. The maximum absolute atomic E-state index is 15.4. The molecule has 0 radical (unpaired) electrons. The van der Waals surface area contributed by atoms with Crippen LogP contribution in [0.25, 0.3) is 22.5 Å². The van der Waals surface area contributed by atoms with Crippen molar-refractivity contribution in [3.05, 3.63) is 107 Å². The largest absolute Gasteiger partial charge is 0.478 e. The summed E-state index contributed by atoms with van der Waals surface area (Å²) in [6.45, 7) is 3.30. The zero-order chi connectivity index (χ0) is 32.7. The van der Waals surface area contributed by atoms with E-state index in [1.807, 2.05) is 0 Å². The van der Waals surface area contributed by atoms with Crippen molar-refractivity contribution < 1.29 is 33.1 Å². The monoisotopic (exact) mass is 626 g/mol. The van der Waals surface area contributed by atoms with Gasteiger partial charge in [-0.3, -0.25) is 19.3 Å². The second-order valence-electron chi connectivity index (χ2n) is 10.3. The lowest BCUT2D eigenvalue weighted by molar-refractivity contribution is 0.0539. The van der Waals surface area contributed by atoms with Crippen LogP contribution in [0.2, 0.25) is 0 Å². The van der Waals surface area contributed by atoms with Crippen LogP contribution in [0.4, 0.5) is 8.78 Å². The number of nitrogens with zero attached hydrogens (tertiary/aromatic N) is 8. The van der Waals surface area contributed by atoms with Gasteiger partial charge in [0.15, 0.2) is 11.6 Å². The Morgan fingerprint density at radius 1 is 0.826 bits per heavy atom. The lowest BCUT2D eigenvalue weighted by Crippen LogP contribution is -2.47. The molecule has 0 saturated heterocycles. The van der Waals surface area contributed by atoms with Gasteiger partial charge in [0, 0.05) is 19.1 Å². The number of aromatic nitrogens is 6. The van der Waals surface area contributed by atoms with Crippen LogP contribution in [0.3, 0.4) is 0 Å². The molecule has 46 heavy (non-hydrogen) atoms. The van der Waals surface area contributed by atoms with E-state index in [0.29, 0.717) is 0 Å². The summed E-state index contributed by atoms with van der Waals surface area (Å²) in [7, 11) is 0. The summed E-state index contributed by atoms with van der Waals surface area (Å²) in [5.74, 6) is -5.02. The van der Waals surface area contributed by atoms with Gasteiger partial charge in [0.05, 0.1) is 47.0 Å². The standard InChI is InChI=1S/C31H24F2N8O5/c1-3-38(29(43)21-8-5-9-23(32)26(21)40-34-10-11-35-40)17(2)16-39-28(42)20-7-4-6-19(25(20)30(39)44)18-14-22(31(45)46)27(24(33)15-18)41-36-12-13-37-41/h4-15,17H,3,16H2,1-2H3,(H,45,46)/t17-/m0/s1. The van der Waals surface area contributed by atoms with E-state index < -0.39 is 46.9 Å². The number of carboxylic acid groups (broad SMARTS) is 1. The number of hydrogen-bond donors (Lipinski definition) is 1. The van der Waals surface area contributed by atoms with Gasteiger partial charge < -0.3 is 10.0 Å². The van der Waals surface area contributed by atoms with Crippen molar-refractivity contribution in [2.75, 3.05) is 13.1 Å². The molecule has 0 spiro atoms. The van der Waals surface area contributed by atoms with Crippen LogP contribution in [-0.4, -0.2) is 87.7 Å². The van der Waals surface area contributed by atoms with Crippen LogP contribution < -0.4 is 0 Å². The second-order valence-corrected chi connectivity index (χ2v) is 10.3. The summed E-state index contributed by atoms with van der Waals surface area (Å²) in [4.78, 5) is 57.4. The second kappa shape index (κ2) is 11.8. The quantitative estimate of drug-likeness (QED) is 0.241. The molecule has 232 valence electrons. The molecular weight excluding hydrogens is 602 g/mol. The Morgan fingerprint density at radius 3 is 2.02 bits per heavy atom. The Kier molecular flexibility index (Phi) is 7.65. The third kappa shape index (κ3) is 4.96. The maximum Gasteiger partial charge on any atom is 0.338 e. The van der Waals surface area contributed by atoms with Crippen molar-refractivity contribution in [2.45, 2.75) is 19.9 Å². The lowest BCUT2D eigenvalue weighted by atomic mass is 9.94. The molecule has 3 heterocycles. The topological polar surface area (TPSA) is 156 Å². The van der Waals surface area contributed by atoms with Crippen molar-refractivity contribution in [3.63, 3.8) is 0 Å². The van der Waals surface area contributed by atoms with Gasteiger partial charge in [0.2, 0.25) is 0 Å². The number of para-hydroxylation sites is 1. The summed E-state index contributed by atoms with van der Waals surface area (Å²) >= 11 is 0. The molecule has 0 fully saturated rings. The first kappa shape index (κ1) is 29.9. The van der Waals surface area contributed by atoms with Crippen LogP contribution in [0.15, 0.2) is 73.3 Å². The van der Waals surface area contributed by atoms with E-state index in [2.05, 4.69) is 20.4 Å². The number of amides is 3. The molecule has 6 rings (SSSR count). The summed E-state index contributed by atoms with van der Waals surface area (Å²) in [6.07, 6.45) is 5.23. The highest BCUT2D eigenvalue weighted by atomic mass is 19.1. The van der Waals surface area contributed by atoms with Gasteiger partial charge in [-0.25, -0.2) is 13.6 Å². The number of rotatable bonds is 9. The first-order valence-electron chi connectivity index (χ1n) is 14.0. The number of hydrogen-bond acceptors (Lipinski definition) is 8. The van der Waals surface area contributed by atoms with Crippen LogP contribution in [0.5, 0.6) is 0 Å². The molecule has 2 aromatic heterocycles. The summed E-state index contributed by atoms with van der Waals surface area (Å²) in [6, 6.07) is 9.95. The van der Waals surface area contributed by atoms with Crippen LogP contribution in [0.1, 0.15) is 55.3 Å². The molecule has 3 amide bonds. The predicted molar refractivity (Wildman–Crippen MR) is 157 cm³/mol. The molecule has 5 aromatic rings. The molecule has 1 N–H and O–H groups in total. The molecule has 15 heteroatoms. The van der Waals surface area contributed by atoms with Crippen LogP contribution in [0, 0.1) is 11.6 Å². The average molecular weight is 627 g/mol. The number of aromatic carboxylic acids is 1. The minimum atomic E-state index is -1.45. The summed E-state index contributed by atoms with van der Waals surface area (Å²) < 4.78 is 30.2. The van der Waals surface area contributed by atoms with Crippen molar-refractivity contribution in [2.24, 2.45) is 0 Å². The van der Waals surface area contributed by atoms with Gasteiger partial charge in [-0.2, -0.15) is 20.4 Å². The van der Waals surface area contributed by atoms with Gasteiger partial charge in [-0.05, 0) is 55.3 Å². The zero-order valence-electron chi connectivity index (χ0n) is 24.3. The highest BCUT2D eigenvalue weighted by molar-refractivity contribution is 6.24. The number of fused-ring (bicyclic) bond motifs is 1. The third-order valence-electron chi connectivity index (χ3n) is 7.64. The molecule has 1 aliphatic rings. The molecule has 3 aromatic carbocycles. The number of halogens is 2. The Balaban J connectivity index is 1.32. The van der Waals surface area contributed by atoms with Gasteiger partial charge >= 0.3 is 5.97 Å². The molecule has 1 atom stereocenters. The van der Waals surface area contributed by atoms with Crippen molar-refractivity contribution >= 4 is 23.7 Å². The van der Waals surface area contributed by atoms with Crippen LogP contribution in [-0.2, 0) is 0 Å². The van der Waals surface area contributed by atoms with Gasteiger partial charge in [0.25, 0.3) is 17.7 Å². The molecule has 13 nitrogen and oxygen atoms in total. The van der Waals surface area contributed by atoms with E-state index in [9.17, 15) is 28.7 Å². The number of carbonyl (C=O) groups is 4. The Bertz CT molecular complexity index is 2010. The molecule has 1 aliphatic heterocycles. The summed E-state index contributed by atoms with van der Waals surface area (Å²) in [5.41, 5.74) is -0.799. The number of carbonyl (C=O) groups excluding carboxylic acids is 3. The van der Waals surface area contributed by atoms with Crippen LogP contribution >= 0.6 is 0 Å². The molecule has 0 saturated carbocycles. The fraction of sp³-hybridized carbons (Fsp3) is 0.161. The average Bonchev–Trinajstić information content (AvgIpc) is 3.81. The van der Waals surface area contributed by atoms with Crippen molar-refractivity contribution in [1.29, 1.82) is 0 Å². The van der Waals surface area contributed by atoms with E-state index in [1.165, 1.54) is 72.2 Å². The third-order valence-corrected chi connectivity index (χ3v) is 7.64. The fourth-order valence-electron chi connectivity index (χ4n) is 5.59. The number of likely N-dealkylation sites (N-methyl/N-ethyl adjacent to an activating group) is 1. The van der Waals surface area contributed by atoms with E-state index in [0.717, 1.165) is 20.6 Å². The molecule has 0 aliphatic carbocycles. The highest BCUT2D eigenvalue weighted by Crippen LogP contribution is 2.35. The Morgan fingerprint density at radius 2 is 1.41 bits per heavy atom. The number of carboxylic acids is 1. The smallest absolute Gasteiger partial charge is 0.338 e. The number of benzene rings is 3. The molecule has 0 bridgehead atoms. The zero-order valence-corrected chi connectivity index (χ0v) is 24.3. The van der Waals surface area contributed by atoms with E-state index >= 15 is 4.39 Å². The van der Waals surface area contributed by atoms with E-state index in [-0.39, 0.29) is 52.3 Å². The van der Waals surface area contributed by atoms with Crippen molar-refractivity contribution in [1.82, 2.24) is 39.8 Å². The fourth-order valence-corrected chi connectivity index (χ4v) is 5.59. The minimum Gasteiger partial charge on any atom is -0.478 e. The minimum absolute atomic E-state index is 0.0143. The SMILES string of the molecule is CCN(C(=O)c1cccc(F)c1-n1nccn1)[C@@H](C)CN1C(=O)c2cccc(-c3cc(F)c(-n4nccn4)c(C(=O)O)c3)c2C1=O. The first-order chi connectivity index (χ1) is 22.1. The van der Waals surface area contributed by atoms with E-state index in [4.69, 9.17) is 0 Å². The van der Waals surface area contributed by atoms with Crippen molar-refractivity contribution in [3.8, 4) is 22.5 Å². The molecular formula is C31H24F2N8O5. The van der Waals surface area contributed by atoms with E-state index in [1.54, 1.807) is 13.8 Å². The number of imide groups is 1. The predicted octanol–water partition coefficient (Wildman–Crippen LogP) is 3.64.